The fraction of sp³-hybridized carbons (Fsp3) is 0.400. The Morgan fingerprint density at radius 1 is 0.926 bits per heavy atom. The number of rotatable bonds is 6. The minimum absolute atomic E-state index is 0.113. The third-order valence-electron chi connectivity index (χ3n) is 4.97. The van der Waals surface area contributed by atoms with Gasteiger partial charge in [-0.1, -0.05) is 0 Å². The van der Waals surface area contributed by atoms with Crippen LogP contribution in [0.25, 0.3) is 0 Å². The lowest BCUT2D eigenvalue weighted by molar-refractivity contribution is 0.402. The molecule has 1 N–H and O–H groups in total. The van der Waals surface area contributed by atoms with Crippen molar-refractivity contribution in [3.63, 3.8) is 0 Å². The summed E-state index contributed by atoms with van der Waals surface area (Å²) in [5, 5.41) is 0. The quantitative estimate of drug-likeness (QED) is 0.814. The zero-order valence-electron chi connectivity index (χ0n) is 16.2. The lowest BCUT2D eigenvalue weighted by Gasteiger charge is -2.20. The lowest BCUT2D eigenvalue weighted by Crippen LogP contribution is -2.19. The Kier molecular flexibility index (Phi) is 5.51. The second-order valence-electron chi connectivity index (χ2n) is 6.77. The van der Waals surface area contributed by atoms with E-state index in [0.717, 1.165) is 42.7 Å². The zero-order chi connectivity index (χ0) is 19.6. The molecule has 0 spiro atoms. The number of hydrogen-bond donors (Lipinski definition) is 1. The van der Waals surface area contributed by atoms with Crippen molar-refractivity contribution in [2.45, 2.75) is 31.6 Å². The van der Waals surface area contributed by atoms with Gasteiger partial charge < -0.3 is 14.4 Å². The number of sulfonamides is 1. The van der Waals surface area contributed by atoms with Crippen LogP contribution in [0.3, 0.4) is 0 Å². The second kappa shape index (κ2) is 7.68. The van der Waals surface area contributed by atoms with Gasteiger partial charge in [0.1, 0.15) is 16.4 Å². The summed E-state index contributed by atoms with van der Waals surface area (Å²) in [7, 11) is -0.845. The van der Waals surface area contributed by atoms with Crippen LogP contribution in [0.15, 0.2) is 35.2 Å². The second-order valence-corrected chi connectivity index (χ2v) is 8.42. The Balaban J connectivity index is 2.00. The van der Waals surface area contributed by atoms with Gasteiger partial charge in [-0.15, -0.1) is 0 Å². The number of nitrogens with one attached hydrogen (secondary N) is 1. The third kappa shape index (κ3) is 3.98. The van der Waals surface area contributed by atoms with Crippen LogP contribution in [0.5, 0.6) is 11.5 Å². The molecule has 0 saturated carbocycles. The molecule has 1 aliphatic rings. The maximum absolute atomic E-state index is 13.1. The van der Waals surface area contributed by atoms with Crippen LogP contribution in [-0.4, -0.2) is 35.7 Å². The molecule has 0 bridgehead atoms. The topological polar surface area (TPSA) is 67.9 Å². The van der Waals surface area contributed by atoms with E-state index in [-0.39, 0.29) is 4.90 Å². The maximum Gasteiger partial charge on any atom is 0.265 e. The van der Waals surface area contributed by atoms with E-state index in [4.69, 9.17) is 9.47 Å². The molecule has 6 nitrogen and oxygen atoms in total. The van der Waals surface area contributed by atoms with Crippen molar-refractivity contribution >= 4 is 21.4 Å². The number of methoxy groups -OCH3 is 2. The van der Waals surface area contributed by atoms with Gasteiger partial charge in [0.25, 0.3) is 10.0 Å². The van der Waals surface area contributed by atoms with Gasteiger partial charge in [0.2, 0.25) is 0 Å². The normalized spacial score (nSPS) is 14.3. The molecule has 1 saturated heterocycles. The van der Waals surface area contributed by atoms with E-state index in [9.17, 15) is 8.42 Å². The summed E-state index contributed by atoms with van der Waals surface area (Å²) in [5.74, 6) is 0.796. The molecule has 3 rings (SSSR count). The average Bonchev–Trinajstić information content (AvgIpc) is 3.18. The van der Waals surface area contributed by atoms with Gasteiger partial charge in [0.05, 0.1) is 19.9 Å². The van der Waals surface area contributed by atoms with Crippen molar-refractivity contribution in [3.05, 3.63) is 41.5 Å². The minimum atomic E-state index is -3.84. The molecule has 0 radical (unpaired) electrons. The highest BCUT2D eigenvalue weighted by atomic mass is 32.2. The highest BCUT2D eigenvalue weighted by Gasteiger charge is 2.23. The Hall–Kier alpha value is -2.41. The van der Waals surface area contributed by atoms with Gasteiger partial charge >= 0.3 is 0 Å². The van der Waals surface area contributed by atoms with Crippen LogP contribution < -0.4 is 19.1 Å². The first-order valence-corrected chi connectivity index (χ1v) is 10.4. The van der Waals surface area contributed by atoms with Crippen LogP contribution >= 0.6 is 0 Å². The van der Waals surface area contributed by atoms with E-state index in [1.54, 1.807) is 18.2 Å². The number of nitrogens with zero attached hydrogens (tertiary/aromatic N) is 1. The molecule has 7 heteroatoms. The fourth-order valence-corrected chi connectivity index (χ4v) is 4.58. The standard InChI is InChI=1S/C20H26N2O4S/c1-14-11-19(26-4)20(12-15(14)2)27(23,24)21-17-13-16(7-8-18(17)25-3)22-9-5-6-10-22/h7-8,11-13,21H,5-6,9-10H2,1-4H3. The molecular weight excluding hydrogens is 364 g/mol. The molecule has 27 heavy (non-hydrogen) atoms. The van der Waals surface area contributed by atoms with Crippen molar-refractivity contribution in [1.29, 1.82) is 0 Å². The summed E-state index contributed by atoms with van der Waals surface area (Å²) in [5.41, 5.74) is 3.26. The molecular formula is C20H26N2O4S. The summed E-state index contributed by atoms with van der Waals surface area (Å²) >= 11 is 0. The average molecular weight is 391 g/mol. The van der Waals surface area contributed by atoms with Crippen molar-refractivity contribution in [2.75, 3.05) is 36.9 Å². The Bertz CT molecular complexity index is 935. The van der Waals surface area contributed by atoms with Gasteiger partial charge in [-0.3, -0.25) is 4.72 Å². The summed E-state index contributed by atoms with van der Waals surface area (Å²) in [4.78, 5) is 2.36. The first kappa shape index (κ1) is 19.4. The zero-order valence-corrected chi connectivity index (χ0v) is 17.0. The summed E-state index contributed by atoms with van der Waals surface area (Å²) in [6.07, 6.45) is 2.29. The third-order valence-corrected chi connectivity index (χ3v) is 6.35. The Morgan fingerprint density at radius 3 is 2.19 bits per heavy atom. The molecule has 146 valence electrons. The van der Waals surface area contributed by atoms with E-state index in [1.807, 2.05) is 26.0 Å². The number of benzene rings is 2. The highest BCUT2D eigenvalue weighted by Crippen LogP contribution is 2.35. The molecule has 2 aromatic rings. The van der Waals surface area contributed by atoms with Crippen LogP contribution in [0, 0.1) is 13.8 Å². The van der Waals surface area contributed by atoms with Crippen LogP contribution in [-0.2, 0) is 10.0 Å². The molecule has 0 aliphatic carbocycles. The van der Waals surface area contributed by atoms with E-state index in [0.29, 0.717) is 17.2 Å². The number of ether oxygens (including phenoxy) is 2. The van der Waals surface area contributed by atoms with Gasteiger partial charge in [-0.25, -0.2) is 8.42 Å². The first-order chi connectivity index (χ1) is 12.9. The Labute approximate surface area is 161 Å². The lowest BCUT2D eigenvalue weighted by atomic mass is 10.1. The van der Waals surface area contributed by atoms with Gasteiger partial charge in [0, 0.05) is 18.8 Å². The SMILES string of the molecule is COc1ccc(N2CCCC2)cc1NS(=O)(=O)c1cc(C)c(C)cc1OC. The number of anilines is 2. The summed E-state index contributed by atoms with van der Waals surface area (Å²) < 4.78 is 39.5. The molecule has 0 aromatic heterocycles. The molecule has 2 aromatic carbocycles. The monoisotopic (exact) mass is 390 g/mol. The fourth-order valence-electron chi connectivity index (χ4n) is 3.28. The van der Waals surface area contributed by atoms with Crippen molar-refractivity contribution in [3.8, 4) is 11.5 Å². The summed E-state index contributed by atoms with van der Waals surface area (Å²) in [6, 6.07) is 8.95. The predicted molar refractivity (Wildman–Crippen MR) is 108 cm³/mol. The molecule has 1 aliphatic heterocycles. The number of hydrogen-bond acceptors (Lipinski definition) is 5. The van der Waals surface area contributed by atoms with E-state index in [1.165, 1.54) is 14.2 Å². The van der Waals surface area contributed by atoms with Gasteiger partial charge in [-0.05, 0) is 68.1 Å². The number of aryl methyl sites for hydroxylation is 2. The maximum atomic E-state index is 13.1. The molecule has 0 atom stereocenters. The predicted octanol–water partition coefficient (Wildman–Crippen LogP) is 3.72. The van der Waals surface area contributed by atoms with E-state index >= 15 is 0 Å². The minimum Gasteiger partial charge on any atom is -0.495 e. The molecule has 0 unspecified atom stereocenters. The first-order valence-electron chi connectivity index (χ1n) is 8.97. The molecule has 0 amide bonds. The Morgan fingerprint density at radius 2 is 1.56 bits per heavy atom. The van der Waals surface area contributed by atoms with E-state index < -0.39 is 10.0 Å². The van der Waals surface area contributed by atoms with Crippen molar-refractivity contribution < 1.29 is 17.9 Å². The van der Waals surface area contributed by atoms with Crippen molar-refractivity contribution in [2.24, 2.45) is 0 Å². The van der Waals surface area contributed by atoms with E-state index in [2.05, 4.69) is 9.62 Å². The highest BCUT2D eigenvalue weighted by molar-refractivity contribution is 7.92. The summed E-state index contributed by atoms with van der Waals surface area (Å²) in [6.45, 7) is 5.75. The smallest absolute Gasteiger partial charge is 0.265 e. The largest absolute Gasteiger partial charge is 0.495 e. The molecule has 1 fully saturated rings. The van der Waals surface area contributed by atoms with Gasteiger partial charge in [0.15, 0.2) is 0 Å². The van der Waals surface area contributed by atoms with Gasteiger partial charge in [-0.2, -0.15) is 0 Å². The van der Waals surface area contributed by atoms with Crippen LogP contribution in [0.2, 0.25) is 0 Å². The van der Waals surface area contributed by atoms with Crippen LogP contribution in [0.4, 0.5) is 11.4 Å². The molecule has 1 heterocycles. The van der Waals surface area contributed by atoms with Crippen molar-refractivity contribution in [1.82, 2.24) is 0 Å². The van der Waals surface area contributed by atoms with Crippen LogP contribution in [0.1, 0.15) is 24.0 Å².